The fraction of sp³-hybridized carbons (Fsp3) is 0.733. The number of hydrogen-bond donors (Lipinski definition) is 1. The van der Waals surface area contributed by atoms with Crippen molar-refractivity contribution in [3.63, 3.8) is 0 Å². The van der Waals surface area contributed by atoms with Crippen molar-refractivity contribution in [2.45, 2.75) is 44.2 Å². The van der Waals surface area contributed by atoms with Gasteiger partial charge in [0.2, 0.25) is 5.91 Å². The average molecular weight is 309 g/mol. The van der Waals surface area contributed by atoms with Gasteiger partial charge < -0.3 is 10.1 Å². The van der Waals surface area contributed by atoms with Crippen LogP contribution in [0.4, 0.5) is 0 Å². The highest BCUT2D eigenvalue weighted by molar-refractivity contribution is 7.09. The summed E-state index contributed by atoms with van der Waals surface area (Å²) in [6.45, 7) is 2.82. The molecule has 116 valence electrons. The van der Waals surface area contributed by atoms with Crippen LogP contribution in [0.5, 0.6) is 0 Å². The lowest BCUT2D eigenvalue weighted by atomic mass is 10.1. The van der Waals surface area contributed by atoms with E-state index >= 15 is 0 Å². The monoisotopic (exact) mass is 309 g/mol. The normalized spacial score (nSPS) is 24.3. The number of ether oxygens (including phenoxy) is 1. The van der Waals surface area contributed by atoms with E-state index in [2.05, 4.69) is 15.2 Å². The Bertz CT molecular complexity index is 446. The molecule has 2 aliphatic rings. The molecule has 1 aliphatic carbocycles. The average Bonchev–Trinajstić information content (AvgIpc) is 3.20. The highest BCUT2D eigenvalue weighted by Gasteiger charge is 2.35. The second-order valence-electron chi connectivity index (χ2n) is 5.73. The SMILES string of the molecule is O=C(NCCc1nccs1)[C@@H]1COCCN1C1CCCC1. The maximum atomic E-state index is 12.4. The van der Waals surface area contributed by atoms with E-state index in [1.165, 1.54) is 25.7 Å². The summed E-state index contributed by atoms with van der Waals surface area (Å²) in [5.74, 6) is 0.109. The molecule has 6 heteroatoms. The first kappa shape index (κ1) is 14.9. The van der Waals surface area contributed by atoms with Gasteiger partial charge in [-0.05, 0) is 12.8 Å². The van der Waals surface area contributed by atoms with Crippen LogP contribution in [0.25, 0.3) is 0 Å². The lowest BCUT2D eigenvalue weighted by molar-refractivity contribution is -0.134. The van der Waals surface area contributed by atoms with Gasteiger partial charge in [-0.3, -0.25) is 9.69 Å². The Hall–Kier alpha value is -0.980. The molecule has 0 radical (unpaired) electrons. The number of aromatic nitrogens is 1. The van der Waals surface area contributed by atoms with Gasteiger partial charge in [0.1, 0.15) is 6.04 Å². The first-order valence-electron chi connectivity index (χ1n) is 7.84. The van der Waals surface area contributed by atoms with Crippen molar-refractivity contribution in [3.8, 4) is 0 Å². The molecule has 5 nitrogen and oxygen atoms in total. The Kier molecular flexibility index (Phi) is 5.22. The van der Waals surface area contributed by atoms with Crippen LogP contribution < -0.4 is 5.32 Å². The van der Waals surface area contributed by atoms with Gasteiger partial charge >= 0.3 is 0 Å². The third-order valence-corrected chi connectivity index (χ3v) is 5.23. The summed E-state index contributed by atoms with van der Waals surface area (Å²) in [5.41, 5.74) is 0. The van der Waals surface area contributed by atoms with Crippen LogP contribution in [0.1, 0.15) is 30.7 Å². The molecule has 1 amide bonds. The molecule has 0 spiro atoms. The molecule has 1 aromatic rings. The molecule has 0 aromatic carbocycles. The number of carbonyl (C=O) groups excluding carboxylic acids is 1. The van der Waals surface area contributed by atoms with Crippen molar-refractivity contribution in [2.24, 2.45) is 0 Å². The number of nitrogens with one attached hydrogen (secondary N) is 1. The van der Waals surface area contributed by atoms with Crippen molar-refractivity contribution in [1.82, 2.24) is 15.2 Å². The van der Waals surface area contributed by atoms with Crippen LogP contribution in [0, 0.1) is 0 Å². The minimum atomic E-state index is -0.113. The molecule has 3 rings (SSSR count). The molecule has 0 bridgehead atoms. The van der Waals surface area contributed by atoms with E-state index in [-0.39, 0.29) is 11.9 Å². The highest BCUT2D eigenvalue weighted by Crippen LogP contribution is 2.26. The zero-order valence-electron chi connectivity index (χ0n) is 12.3. The first-order chi connectivity index (χ1) is 10.3. The topological polar surface area (TPSA) is 54.5 Å². The van der Waals surface area contributed by atoms with Crippen LogP contribution in [-0.2, 0) is 16.0 Å². The lowest BCUT2D eigenvalue weighted by Gasteiger charge is -2.38. The molecule has 1 N–H and O–H groups in total. The van der Waals surface area contributed by atoms with Gasteiger partial charge in [-0.1, -0.05) is 12.8 Å². The third kappa shape index (κ3) is 3.81. The number of nitrogens with zero attached hydrogens (tertiary/aromatic N) is 2. The van der Waals surface area contributed by atoms with Crippen molar-refractivity contribution >= 4 is 17.2 Å². The van der Waals surface area contributed by atoms with E-state index in [0.717, 1.165) is 24.6 Å². The molecular weight excluding hydrogens is 286 g/mol. The van der Waals surface area contributed by atoms with Crippen LogP contribution in [0.15, 0.2) is 11.6 Å². The largest absolute Gasteiger partial charge is 0.378 e. The lowest BCUT2D eigenvalue weighted by Crippen LogP contribution is -2.56. The number of thiazole rings is 1. The number of carbonyl (C=O) groups is 1. The van der Waals surface area contributed by atoms with E-state index in [1.807, 2.05) is 5.38 Å². The molecule has 1 atom stereocenters. The van der Waals surface area contributed by atoms with Gasteiger partial charge in [-0.15, -0.1) is 11.3 Å². The minimum absolute atomic E-state index is 0.109. The first-order valence-corrected chi connectivity index (χ1v) is 8.72. The molecule has 2 fully saturated rings. The van der Waals surface area contributed by atoms with Gasteiger partial charge in [-0.25, -0.2) is 4.98 Å². The summed E-state index contributed by atoms with van der Waals surface area (Å²) < 4.78 is 5.53. The maximum Gasteiger partial charge on any atom is 0.239 e. The van der Waals surface area contributed by atoms with Crippen molar-refractivity contribution in [2.75, 3.05) is 26.3 Å². The summed E-state index contributed by atoms with van der Waals surface area (Å²) in [7, 11) is 0. The summed E-state index contributed by atoms with van der Waals surface area (Å²) in [6.07, 6.45) is 7.64. The Morgan fingerprint density at radius 2 is 2.33 bits per heavy atom. The van der Waals surface area contributed by atoms with Gasteiger partial charge in [0, 0.05) is 37.1 Å². The molecule has 1 saturated carbocycles. The van der Waals surface area contributed by atoms with E-state index in [1.54, 1.807) is 17.5 Å². The Labute approximate surface area is 129 Å². The maximum absolute atomic E-state index is 12.4. The predicted molar refractivity (Wildman–Crippen MR) is 82.4 cm³/mol. The number of hydrogen-bond acceptors (Lipinski definition) is 5. The zero-order chi connectivity index (χ0) is 14.5. The smallest absolute Gasteiger partial charge is 0.239 e. The van der Waals surface area contributed by atoms with Crippen LogP contribution in [0.2, 0.25) is 0 Å². The molecule has 1 saturated heterocycles. The van der Waals surface area contributed by atoms with Crippen molar-refractivity contribution in [3.05, 3.63) is 16.6 Å². The zero-order valence-corrected chi connectivity index (χ0v) is 13.1. The summed E-state index contributed by atoms with van der Waals surface area (Å²) in [6, 6.07) is 0.460. The predicted octanol–water partition coefficient (Wildman–Crippen LogP) is 1.45. The standard InChI is InChI=1S/C15H23N3O2S/c19-15(17-6-5-14-16-7-10-21-14)13-11-20-9-8-18(13)12-3-1-2-4-12/h7,10,12-13H,1-6,8-9,11H2,(H,17,19)/t13-/m0/s1. The fourth-order valence-corrected chi connectivity index (χ4v) is 3.92. The molecule has 1 aliphatic heterocycles. The molecule has 0 unspecified atom stereocenters. The second-order valence-corrected chi connectivity index (χ2v) is 6.71. The number of morpholine rings is 1. The highest BCUT2D eigenvalue weighted by atomic mass is 32.1. The quantitative estimate of drug-likeness (QED) is 0.894. The second kappa shape index (κ2) is 7.33. The molecule has 2 heterocycles. The van der Waals surface area contributed by atoms with Crippen LogP contribution in [0.3, 0.4) is 0 Å². The van der Waals surface area contributed by atoms with Gasteiger partial charge in [0.05, 0.1) is 18.2 Å². The summed E-state index contributed by atoms with van der Waals surface area (Å²) >= 11 is 1.63. The number of amides is 1. The van der Waals surface area contributed by atoms with Crippen LogP contribution in [-0.4, -0.2) is 54.2 Å². The molecular formula is C15H23N3O2S. The van der Waals surface area contributed by atoms with E-state index < -0.39 is 0 Å². The molecule has 21 heavy (non-hydrogen) atoms. The third-order valence-electron chi connectivity index (χ3n) is 4.39. The summed E-state index contributed by atoms with van der Waals surface area (Å²) in [4.78, 5) is 19.0. The van der Waals surface area contributed by atoms with E-state index in [0.29, 0.717) is 19.2 Å². The van der Waals surface area contributed by atoms with Crippen molar-refractivity contribution in [1.29, 1.82) is 0 Å². The number of rotatable bonds is 5. The van der Waals surface area contributed by atoms with Gasteiger partial charge in [-0.2, -0.15) is 0 Å². The van der Waals surface area contributed by atoms with E-state index in [9.17, 15) is 4.79 Å². The Balaban J connectivity index is 1.51. The minimum Gasteiger partial charge on any atom is -0.378 e. The van der Waals surface area contributed by atoms with Gasteiger partial charge in [0.25, 0.3) is 0 Å². The Morgan fingerprint density at radius 1 is 1.48 bits per heavy atom. The Morgan fingerprint density at radius 3 is 3.10 bits per heavy atom. The van der Waals surface area contributed by atoms with E-state index in [4.69, 9.17) is 4.74 Å². The van der Waals surface area contributed by atoms with Crippen LogP contribution >= 0.6 is 11.3 Å². The van der Waals surface area contributed by atoms with Gasteiger partial charge in [0.15, 0.2) is 0 Å². The summed E-state index contributed by atoms with van der Waals surface area (Å²) in [5, 5.41) is 6.09. The molecule has 1 aromatic heterocycles. The fourth-order valence-electron chi connectivity index (χ4n) is 3.30. The van der Waals surface area contributed by atoms with Crippen molar-refractivity contribution < 1.29 is 9.53 Å².